The van der Waals surface area contributed by atoms with Crippen LogP contribution in [0.1, 0.15) is 41.1 Å². The number of hydrogen-bond acceptors (Lipinski definition) is 5. The molecule has 2 N–H and O–H groups in total. The normalized spacial score (nSPS) is 20.8. The Hall–Kier alpha value is -1.64. The molecule has 1 amide bonds. The number of carbonyl (C=O) groups excluding carboxylic acids is 1. The van der Waals surface area contributed by atoms with Gasteiger partial charge in [-0.15, -0.1) is 6.58 Å². The number of rotatable bonds is 9. The van der Waals surface area contributed by atoms with E-state index in [1.165, 1.54) is 0 Å². The van der Waals surface area contributed by atoms with Crippen molar-refractivity contribution in [2.75, 3.05) is 20.1 Å². The van der Waals surface area contributed by atoms with E-state index in [4.69, 9.17) is 44.3 Å². The summed E-state index contributed by atoms with van der Waals surface area (Å²) in [6.07, 6.45) is 1.81. The standard InChI is InChI=1S/C25H29Cl3N2O4/c1-3-12-30(2)15-21-13-22(19-8-6-18(16-31)7-9-19)34-23(33-21)20-10-4-17(5-11-20)14-29-24(32)25(26,27)28/h3-11,21-23,31H,1,12-16H2,2H3,(H,29,32)/t21-,22+,23+/m0/s1. The van der Waals surface area contributed by atoms with Crippen LogP contribution in [0.25, 0.3) is 0 Å². The van der Waals surface area contributed by atoms with E-state index in [2.05, 4.69) is 16.8 Å². The molecular formula is C25H29Cl3N2O4. The van der Waals surface area contributed by atoms with Crippen molar-refractivity contribution in [1.29, 1.82) is 0 Å². The molecule has 1 saturated heterocycles. The number of alkyl halides is 3. The third-order valence-corrected chi connectivity index (χ3v) is 6.05. The molecule has 0 radical (unpaired) electrons. The molecule has 0 spiro atoms. The summed E-state index contributed by atoms with van der Waals surface area (Å²) in [7, 11) is 2.03. The van der Waals surface area contributed by atoms with Gasteiger partial charge in [-0.05, 0) is 23.7 Å². The molecular weight excluding hydrogens is 499 g/mol. The number of likely N-dealkylation sites (N-methyl/N-ethyl adjacent to an activating group) is 1. The molecule has 0 aromatic heterocycles. The van der Waals surface area contributed by atoms with Crippen LogP contribution in [-0.2, 0) is 27.4 Å². The Labute approximate surface area is 215 Å². The zero-order valence-corrected chi connectivity index (χ0v) is 21.2. The minimum Gasteiger partial charge on any atom is -0.392 e. The SMILES string of the molecule is C=CCN(C)C[C@@H]1C[C@H](c2ccc(CO)cc2)O[C@H](c2ccc(CNC(=O)C(Cl)(Cl)Cl)cc2)O1. The van der Waals surface area contributed by atoms with Crippen LogP contribution in [0.3, 0.4) is 0 Å². The number of nitrogens with zero attached hydrogens (tertiary/aromatic N) is 1. The summed E-state index contributed by atoms with van der Waals surface area (Å²) in [4.78, 5) is 13.9. The molecule has 2 aromatic carbocycles. The fraction of sp³-hybridized carbons (Fsp3) is 0.400. The first kappa shape index (κ1) is 27.0. The summed E-state index contributed by atoms with van der Waals surface area (Å²) in [5, 5.41) is 11.9. The molecule has 34 heavy (non-hydrogen) atoms. The highest BCUT2D eigenvalue weighted by Crippen LogP contribution is 2.38. The van der Waals surface area contributed by atoms with Crippen molar-refractivity contribution in [2.45, 2.75) is 41.9 Å². The molecule has 184 valence electrons. The molecule has 3 rings (SSSR count). The topological polar surface area (TPSA) is 71.0 Å². The maximum Gasteiger partial charge on any atom is 0.272 e. The molecule has 1 aliphatic heterocycles. The van der Waals surface area contributed by atoms with E-state index in [1.807, 2.05) is 61.7 Å². The lowest BCUT2D eigenvalue weighted by Crippen LogP contribution is -2.37. The Morgan fingerprint density at radius 3 is 2.32 bits per heavy atom. The maximum atomic E-state index is 11.8. The molecule has 0 unspecified atom stereocenters. The van der Waals surface area contributed by atoms with Gasteiger partial charge in [0.15, 0.2) is 6.29 Å². The highest BCUT2D eigenvalue weighted by molar-refractivity contribution is 6.76. The quantitative estimate of drug-likeness (QED) is 0.361. The first-order valence-corrected chi connectivity index (χ1v) is 12.1. The van der Waals surface area contributed by atoms with Crippen LogP contribution in [0, 0.1) is 0 Å². The van der Waals surface area contributed by atoms with Gasteiger partial charge in [-0.2, -0.15) is 0 Å². The second-order valence-electron chi connectivity index (χ2n) is 8.28. The maximum absolute atomic E-state index is 11.8. The van der Waals surface area contributed by atoms with Gasteiger partial charge in [0, 0.05) is 31.6 Å². The van der Waals surface area contributed by atoms with Crippen LogP contribution in [0.4, 0.5) is 0 Å². The molecule has 3 atom stereocenters. The average molecular weight is 528 g/mol. The lowest BCUT2D eigenvalue weighted by atomic mass is 9.99. The lowest BCUT2D eigenvalue weighted by molar-refractivity contribution is -0.252. The monoisotopic (exact) mass is 526 g/mol. The van der Waals surface area contributed by atoms with Crippen molar-refractivity contribution in [2.24, 2.45) is 0 Å². The summed E-state index contributed by atoms with van der Waals surface area (Å²) in [6.45, 7) is 5.53. The van der Waals surface area contributed by atoms with Crippen LogP contribution in [0.5, 0.6) is 0 Å². The van der Waals surface area contributed by atoms with Gasteiger partial charge in [-0.25, -0.2) is 0 Å². The molecule has 0 saturated carbocycles. The lowest BCUT2D eigenvalue weighted by Gasteiger charge is -2.37. The van der Waals surface area contributed by atoms with Crippen molar-refractivity contribution < 1.29 is 19.4 Å². The largest absolute Gasteiger partial charge is 0.392 e. The van der Waals surface area contributed by atoms with E-state index in [-0.39, 0.29) is 25.4 Å². The van der Waals surface area contributed by atoms with Crippen molar-refractivity contribution in [3.8, 4) is 0 Å². The number of ether oxygens (including phenoxy) is 2. The number of benzene rings is 2. The Morgan fingerprint density at radius 2 is 1.74 bits per heavy atom. The Bertz CT molecular complexity index is 948. The fourth-order valence-corrected chi connectivity index (χ4v) is 3.95. The van der Waals surface area contributed by atoms with E-state index in [0.717, 1.165) is 35.3 Å². The van der Waals surface area contributed by atoms with E-state index in [1.54, 1.807) is 0 Å². The van der Waals surface area contributed by atoms with Crippen molar-refractivity contribution >= 4 is 40.7 Å². The van der Waals surface area contributed by atoms with Gasteiger partial charge in [0.2, 0.25) is 0 Å². The highest BCUT2D eigenvalue weighted by atomic mass is 35.6. The summed E-state index contributed by atoms with van der Waals surface area (Å²) in [6, 6.07) is 15.3. The van der Waals surface area contributed by atoms with Gasteiger partial charge in [0.1, 0.15) is 0 Å². The number of amides is 1. The summed E-state index contributed by atoms with van der Waals surface area (Å²) >= 11 is 16.8. The summed E-state index contributed by atoms with van der Waals surface area (Å²) < 4.78 is 10.7. The number of carbonyl (C=O) groups is 1. The van der Waals surface area contributed by atoms with Crippen molar-refractivity contribution in [1.82, 2.24) is 10.2 Å². The van der Waals surface area contributed by atoms with Crippen LogP contribution in [-0.4, -0.2) is 45.9 Å². The van der Waals surface area contributed by atoms with E-state index >= 15 is 0 Å². The number of aliphatic hydroxyl groups is 1. The molecule has 1 heterocycles. The third kappa shape index (κ3) is 7.68. The molecule has 1 fully saturated rings. The van der Waals surface area contributed by atoms with Gasteiger partial charge in [0.05, 0.1) is 18.8 Å². The van der Waals surface area contributed by atoms with Crippen molar-refractivity contribution in [3.63, 3.8) is 0 Å². The van der Waals surface area contributed by atoms with Gasteiger partial charge in [-0.1, -0.05) is 89.4 Å². The van der Waals surface area contributed by atoms with Crippen molar-refractivity contribution in [3.05, 3.63) is 83.4 Å². The Kier molecular flexibility index (Phi) is 9.80. The van der Waals surface area contributed by atoms with Crippen LogP contribution < -0.4 is 5.32 Å². The minimum atomic E-state index is -2.00. The Balaban J connectivity index is 1.73. The summed E-state index contributed by atoms with van der Waals surface area (Å²) in [5.41, 5.74) is 3.60. The van der Waals surface area contributed by atoms with Gasteiger partial charge < -0.3 is 24.8 Å². The first-order chi connectivity index (χ1) is 16.2. The summed E-state index contributed by atoms with van der Waals surface area (Å²) in [5.74, 6) is -0.679. The third-order valence-electron chi connectivity index (χ3n) is 5.53. The van der Waals surface area contributed by atoms with Gasteiger partial charge in [-0.3, -0.25) is 4.79 Å². The van der Waals surface area contributed by atoms with Gasteiger partial charge >= 0.3 is 0 Å². The van der Waals surface area contributed by atoms with Crippen LogP contribution >= 0.6 is 34.8 Å². The second kappa shape index (κ2) is 12.4. The number of aliphatic hydroxyl groups excluding tert-OH is 1. The van der Waals surface area contributed by atoms with E-state index in [0.29, 0.717) is 6.42 Å². The molecule has 9 heteroatoms. The zero-order chi connectivity index (χ0) is 24.7. The first-order valence-electron chi connectivity index (χ1n) is 10.9. The zero-order valence-electron chi connectivity index (χ0n) is 18.9. The molecule has 6 nitrogen and oxygen atoms in total. The minimum absolute atomic E-state index is 0.000971. The smallest absolute Gasteiger partial charge is 0.272 e. The highest BCUT2D eigenvalue weighted by Gasteiger charge is 2.33. The van der Waals surface area contributed by atoms with E-state index < -0.39 is 16.0 Å². The van der Waals surface area contributed by atoms with E-state index in [9.17, 15) is 9.90 Å². The molecule has 0 aliphatic carbocycles. The Morgan fingerprint density at radius 1 is 1.12 bits per heavy atom. The fourth-order valence-electron chi connectivity index (χ4n) is 3.75. The second-order valence-corrected chi connectivity index (χ2v) is 10.6. The molecule has 1 aliphatic rings. The predicted octanol–water partition coefficient (Wildman–Crippen LogP) is 4.83. The molecule has 0 bridgehead atoms. The van der Waals surface area contributed by atoms with Crippen LogP contribution in [0.15, 0.2) is 61.2 Å². The van der Waals surface area contributed by atoms with Crippen LogP contribution in [0.2, 0.25) is 0 Å². The predicted molar refractivity (Wildman–Crippen MR) is 135 cm³/mol. The average Bonchev–Trinajstić information content (AvgIpc) is 2.82. The molecule has 2 aromatic rings. The number of hydrogen-bond donors (Lipinski definition) is 2. The number of nitrogens with one attached hydrogen (secondary N) is 1. The van der Waals surface area contributed by atoms with Gasteiger partial charge in [0.25, 0.3) is 9.70 Å². The number of halogens is 3.